The quantitative estimate of drug-likeness (QED) is 0.696. The molecule has 0 fully saturated rings. The Morgan fingerprint density at radius 3 is 2.11 bits per heavy atom. The Hall–Kier alpha value is -0.940. The summed E-state index contributed by atoms with van der Waals surface area (Å²) in [4.78, 5) is 2.36. The second-order valence-corrected chi connectivity index (χ2v) is 4.56. The molecule has 0 saturated heterocycles. The molecule has 0 unspecified atom stereocenters. The molecule has 0 radical (unpaired) electrons. The Kier molecular flexibility index (Phi) is 8.41. The summed E-state index contributed by atoms with van der Waals surface area (Å²) in [6.45, 7) is 5.18. The fourth-order valence-electron chi connectivity index (χ4n) is 2.03. The first kappa shape index (κ1) is 16.1. The molecule has 0 aliphatic carbocycles. The number of rotatable bonds is 10. The van der Waals surface area contributed by atoms with Crippen molar-refractivity contribution >= 4 is 0 Å². The normalized spacial score (nSPS) is 11.2. The Balaban J connectivity index is 2.65. The van der Waals surface area contributed by atoms with Crippen molar-refractivity contribution < 1.29 is 9.47 Å². The minimum atomic E-state index is 0.748. The maximum atomic E-state index is 5.17. The molecule has 0 aliphatic heterocycles. The van der Waals surface area contributed by atoms with E-state index < -0.39 is 0 Å². The molecule has 1 rings (SSSR count). The van der Waals surface area contributed by atoms with Crippen molar-refractivity contribution in [2.75, 3.05) is 47.6 Å². The number of hydrogen-bond acceptors (Lipinski definition) is 4. The molecular formula is C15H26N2O2. The fourth-order valence-corrected chi connectivity index (χ4v) is 2.03. The highest BCUT2D eigenvalue weighted by Crippen LogP contribution is 2.11. The molecule has 4 nitrogen and oxygen atoms in total. The number of nitrogens with one attached hydrogen (secondary N) is 1. The number of hydrogen-bond donors (Lipinski definition) is 1. The van der Waals surface area contributed by atoms with Gasteiger partial charge in [-0.2, -0.15) is 0 Å². The molecule has 1 aromatic rings. The molecule has 0 aromatic heterocycles. The summed E-state index contributed by atoms with van der Waals surface area (Å²) < 4.78 is 10.3. The summed E-state index contributed by atoms with van der Waals surface area (Å²) in [5, 5.41) is 3.22. The van der Waals surface area contributed by atoms with Crippen LogP contribution in [0.3, 0.4) is 0 Å². The Morgan fingerprint density at radius 1 is 1.00 bits per heavy atom. The zero-order valence-corrected chi connectivity index (χ0v) is 12.3. The van der Waals surface area contributed by atoms with Crippen molar-refractivity contribution in [1.29, 1.82) is 0 Å². The molecule has 0 saturated carbocycles. The van der Waals surface area contributed by atoms with Gasteiger partial charge in [-0.05, 0) is 18.2 Å². The van der Waals surface area contributed by atoms with E-state index in [-0.39, 0.29) is 0 Å². The second-order valence-electron chi connectivity index (χ2n) is 4.56. The van der Waals surface area contributed by atoms with Gasteiger partial charge in [0.1, 0.15) is 0 Å². The van der Waals surface area contributed by atoms with Crippen molar-refractivity contribution in [2.24, 2.45) is 0 Å². The van der Waals surface area contributed by atoms with Crippen LogP contribution < -0.4 is 5.32 Å². The van der Waals surface area contributed by atoms with Crippen LogP contribution in [0.2, 0.25) is 0 Å². The first-order chi connectivity index (χ1) is 9.31. The van der Waals surface area contributed by atoms with Gasteiger partial charge in [-0.1, -0.05) is 24.3 Å². The third-order valence-electron chi connectivity index (χ3n) is 3.10. The molecular weight excluding hydrogens is 240 g/mol. The summed E-state index contributed by atoms with van der Waals surface area (Å²) in [6, 6.07) is 8.56. The molecule has 1 N–H and O–H groups in total. The van der Waals surface area contributed by atoms with Crippen molar-refractivity contribution in [1.82, 2.24) is 10.2 Å². The smallest absolute Gasteiger partial charge is 0.0589 e. The van der Waals surface area contributed by atoms with Crippen LogP contribution in [0.4, 0.5) is 0 Å². The van der Waals surface area contributed by atoms with E-state index in [1.165, 1.54) is 11.1 Å². The van der Waals surface area contributed by atoms with Gasteiger partial charge in [-0.15, -0.1) is 0 Å². The molecule has 19 heavy (non-hydrogen) atoms. The van der Waals surface area contributed by atoms with Gasteiger partial charge >= 0.3 is 0 Å². The van der Waals surface area contributed by atoms with Crippen LogP contribution in [0.5, 0.6) is 0 Å². The molecule has 0 amide bonds. The third-order valence-corrected chi connectivity index (χ3v) is 3.10. The third kappa shape index (κ3) is 6.16. The van der Waals surface area contributed by atoms with Gasteiger partial charge in [0.05, 0.1) is 13.2 Å². The minimum absolute atomic E-state index is 0.748. The van der Waals surface area contributed by atoms with Crippen molar-refractivity contribution in [3.63, 3.8) is 0 Å². The zero-order chi connectivity index (χ0) is 13.9. The topological polar surface area (TPSA) is 33.7 Å². The molecule has 0 bridgehead atoms. The van der Waals surface area contributed by atoms with E-state index in [9.17, 15) is 0 Å². The highest BCUT2D eigenvalue weighted by molar-refractivity contribution is 5.26. The van der Waals surface area contributed by atoms with Crippen LogP contribution in [0.15, 0.2) is 24.3 Å². The van der Waals surface area contributed by atoms with Crippen molar-refractivity contribution in [2.45, 2.75) is 13.1 Å². The van der Waals surface area contributed by atoms with Gasteiger partial charge in [0.2, 0.25) is 0 Å². The fraction of sp³-hybridized carbons (Fsp3) is 0.600. The monoisotopic (exact) mass is 266 g/mol. The Bertz CT molecular complexity index is 337. The lowest BCUT2D eigenvalue weighted by molar-refractivity contribution is 0.110. The van der Waals surface area contributed by atoms with Crippen LogP contribution in [0.25, 0.3) is 0 Å². The van der Waals surface area contributed by atoms with E-state index in [0.717, 1.165) is 39.4 Å². The Labute approximate surface area is 116 Å². The van der Waals surface area contributed by atoms with E-state index in [4.69, 9.17) is 9.47 Å². The zero-order valence-electron chi connectivity index (χ0n) is 12.3. The van der Waals surface area contributed by atoms with Gasteiger partial charge in [-0.3, -0.25) is 4.90 Å². The van der Waals surface area contributed by atoms with Crippen LogP contribution in [0, 0.1) is 0 Å². The molecule has 4 heteroatoms. The average molecular weight is 266 g/mol. The van der Waals surface area contributed by atoms with Gasteiger partial charge < -0.3 is 14.8 Å². The highest BCUT2D eigenvalue weighted by Gasteiger charge is 2.08. The van der Waals surface area contributed by atoms with Crippen LogP contribution in [0.1, 0.15) is 11.1 Å². The van der Waals surface area contributed by atoms with Gasteiger partial charge in [0.15, 0.2) is 0 Å². The molecule has 108 valence electrons. The standard InChI is InChI=1S/C15H26N2O2/c1-16-12-14-6-4-5-7-15(14)13-17(8-10-18-2)9-11-19-3/h4-7,16H,8-13H2,1-3H3. The van der Waals surface area contributed by atoms with E-state index in [0.29, 0.717) is 0 Å². The van der Waals surface area contributed by atoms with E-state index >= 15 is 0 Å². The highest BCUT2D eigenvalue weighted by atomic mass is 16.5. The minimum Gasteiger partial charge on any atom is -0.383 e. The van der Waals surface area contributed by atoms with Crippen molar-refractivity contribution in [3.8, 4) is 0 Å². The summed E-state index contributed by atoms with van der Waals surface area (Å²) >= 11 is 0. The van der Waals surface area contributed by atoms with Crippen LogP contribution in [-0.4, -0.2) is 52.5 Å². The number of nitrogens with zero attached hydrogens (tertiary/aromatic N) is 1. The van der Waals surface area contributed by atoms with E-state index in [1.54, 1.807) is 14.2 Å². The lowest BCUT2D eigenvalue weighted by Gasteiger charge is -2.23. The summed E-state index contributed by atoms with van der Waals surface area (Å²) in [5.74, 6) is 0. The summed E-state index contributed by atoms with van der Waals surface area (Å²) in [6.07, 6.45) is 0. The van der Waals surface area contributed by atoms with Crippen molar-refractivity contribution in [3.05, 3.63) is 35.4 Å². The van der Waals surface area contributed by atoms with Crippen LogP contribution >= 0.6 is 0 Å². The lowest BCUT2D eigenvalue weighted by atomic mass is 10.1. The van der Waals surface area contributed by atoms with E-state index in [2.05, 4.69) is 34.5 Å². The van der Waals surface area contributed by atoms with Gasteiger partial charge in [0, 0.05) is 40.4 Å². The van der Waals surface area contributed by atoms with E-state index in [1.807, 2.05) is 7.05 Å². The number of benzene rings is 1. The first-order valence-corrected chi connectivity index (χ1v) is 6.73. The lowest BCUT2D eigenvalue weighted by Crippen LogP contribution is -2.30. The van der Waals surface area contributed by atoms with Gasteiger partial charge in [0.25, 0.3) is 0 Å². The maximum absolute atomic E-state index is 5.17. The van der Waals surface area contributed by atoms with Crippen LogP contribution in [-0.2, 0) is 22.6 Å². The summed E-state index contributed by atoms with van der Waals surface area (Å²) in [7, 11) is 5.46. The molecule has 1 aromatic carbocycles. The predicted molar refractivity (Wildman–Crippen MR) is 78.2 cm³/mol. The number of ether oxygens (including phenoxy) is 2. The SMILES string of the molecule is CNCc1ccccc1CN(CCOC)CCOC. The second kappa shape index (κ2) is 9.92. The summed E-state index contributed by atoms with van der Waals surface area (Å²) in [5.41, 5.74) is 2.72. The largest absolute Gasteiger partial charge is 0.383 e. The molecule has 0 spiro atoms. The molecule has 0 aliphatic rings. The number of methoxy groups -OCH3 is 2. The van der Waals surface area contributed by atoms with Gasteiger partial charge in [-0.25, -0.2) is 0 Å². The predicted octanol–water partition coefficient (Wildman–Crippen LogP) is 1.50. The molecule has 0 heterocycles. The average Bonchev–Trinajstić information content (AvgIpc) is 2.44. The Morgan fingerprint density at radius 2 is 1.58 bits per heavy atom. The maximum Gasteiger partial charge on any atom is 0.0589 e. The molecule has 0 atom stereocenters. The first-order valence-electron chi connectivity index (χ1n) is 6.73.